The van der Waals surface area contributed by atoms with Gasteiger partial charge in [-0.25, -0.2) is 8.42 Å². The average Bonchev–Trinajstić information content (AvgIpc) is 2.82. The Labute approximate surface area is 112 Å². The SMILES string of the molecule is Cc1cccc([SH](=O)=O)c1-c1c[nH]c2ccccc12. The zero-order valence-corrected chi connectivity index (χ0v) is 11.3. The van der Waals surface area contributed by atoms with E-state index in [1.807, 2.05) is 43.5 Å². The van der Waals surface area contributed by atoms with Gasteiger partial charge in [-0.2, -0.15) is 0 Å². The zero-order valence-electron chi connectivity index (χ0n) is 10.4. The molecule has 0 atom stereocenters. The number of aromatic amines is 1. The Kier molecular flexibility index (Phi) is 2.87. The molecule has 4 heteroatoms. The maximum atomic E-state index is 11.4. The van der Waals surface area contributed by atoms with E-state index in [1.165, 1.54) is 0 Å². The number of aryl methyl sites for hydroxylation is 1. The second-order valence-corrected chi connectivity index (χ2v) is 5.47. The minimum atomic E-state index is -2.61. The summed E-state index contributed by atoms with van der Waals surface area (Å²) >= 11 is 0. The normalized spacial score (nSPS) is 11.3. The van der Waals surface area contributed by atoms with Crippen molar-refractivity contribution in [2.45, 2.75) is 11.8 Å². The molecule has 96 valence electrons. The molecule has 0 saturated heterocycles. The predicted octanol–water partition coefficient (Wildman–Crippen LogP) is 3.11. The minimum absolute atomic E-state index is 0.375. The van der Waals surface area contributed by atoms with Crippen LogP contribution in [0, 0.1) is 6.92 Å². The van der Waals surface area contributed by atoms with Gasteiger partial charge in [0.05, 0.1) is 4.90 Å². The van der Waals surface area contributed by atoms with Crippen LogP contribution in [0.4, 0.5) is 0 Å². The van der Waals surface area contributed by atoms with Crippen LogP contribution in [0.25, 0.3) is 22.0 Å². The Morgan fingerprint density at radius 3 is 2.58 bits per heavy atom. The molecule has 0 radical (unpaired) electrons. The minimum Gasteiger partial charge on any atom is -0.361 e. The zero-order chi connectivity index (χ0) is 13.4. The molecule has 0 aliphatic heterocycles. The first-order valence-electron chi connectivity index (χ1n) is 5.99. The molecule has 2 aromatic carbocycles. The summed E-state index contributed by atoms with van der Waals surface area (Å²) in [6.07, 6.45) is 1.87. The lowest BCUT2D eigenvalue weighted by atomic mass is 10.00. The number of para-hydroxylation sites is 1. The van der Waals surface area contributed by atoms with Gasteiger partial charge in [0.15, 0.2) is 10.7 Å². The molecule has 0 bridgehead atoms. The van der Waals surface area contributed by atoms with Crippen LogP contribution in [-0.4, -0.2) is 13.4 Å². The molecule has 0 saturated carbocycles. The second-order valence-electron chi connectivity index (χ2n) is 4.47. The highest BCUT2D eigenvalue weighted by molar-refractivity contribution is 7.72. The number of fused-ring (bicyclic) bond motifs is 1. The molecule has 3 rings (SSSR count). The van der Waals surface area contributed by atoms with Crippen molar-refractivity contribution in [1.82, 2.24) is 4.98 Å². The summed E-state index contributed by atoms with van der Waals surface area (Å²) in [5.74, 6) is 0. The van der Waals surface area contributed by atoms with E-state index in [4.69, 9.17) is 0 Å². The maximum absolute atomic E-state index is 11.4. The lowest BCUT2D eigenvalue weighted by Crippen LogP contribution is -1.90. The number of aromatic nitrogens is 1. The number of H-pyrrole nitrogens is 1. The predicted molar refractivity (Wildman–Crippen MR) is 77.1 cm³/mol. The van der Waals surface area contributed by atoms with Crippen molar-refractivity contribution in [3.63, 3.8) is 0 Å². The fourth-order valence-corrected chi connectivity index (χ4v) is 3.12. The van der Waals surface area contributed by atoms with Crippen molar-refractivity contribution in [2.75, 3.05) is 0 Å². The molecule has 0 aliphatic carbocycles. The highest BCUT2D eigenvalue weighted by atomic mass is 32.2. The van der Waals surface area contributed by atoms with Crippen LogP contribution in [-0.2, 0) is 10.7 Å². The second kappa shape index (κ2) is 4.55. The highest BCUT2D eigenvalue weighted by Gasteiger charge is 2.13. The summed E-state index contributed by atoms with van der Waals surface area (Å²) in [7, 11) is -2.61. The van der Waals surface area contributed by atoms with Gasteiger partial charge in [0.1, 0.15) is 0 Å². The van der Waals surface area contributed by atoms with E-state index in [-0.39, 0.29) is 0 Å². The summed E-state index contributed by atoms with van der Waals surface area (Å²) in [5, 5.41) is 1.04. The average molecular weight is 271 g/mol. The van der Waals surface area contributed by atoms with Crippen LogP contribution >= 0.6 is 0 Å². The first-order chi connectivity index (χ1) is 9.18. The number of benzene rings is 2. The smallest absolute Gasteiger partial charge is 0.168 e. The first-order valence-corrected chi connectivity index (χ1v) is 7.16. The Morgan fingerprint density at radius 1 is 1.00 bits per heavy atom. The van der Waals surface area contributed by atoms with Crippen LogP contribution in [0.2, 0.25) is 0 Å². The number of hydrogen-bond acceptors (Lipinski definition) is 2. The molecular formula is C15H13NO2S. The summed E-state index contributed by atoms with van der Waals surface area (Å²) in [5.41, 5.74) is 3.69. The lowest BCUT2D eigenvalue weighted by molar-refractivity contribution is 0.615. The van der Waals surface area contributed by atoms with E-state index >= 15 is 0 Å². The number of thiol groups is 1. The third-order valence-corrected chi connectivity index (χ3v) is 4.07. The maximum Gasteiger partial charge on any atom is 0.168 e. The molecule has 3 aromatic rings. The molecule has 19 heavy (non-hydrogen) atoms. The topological polar surface area (TPSA) is 49.9 Å². The van der Waals surface area contributed by atoms with Gasteiger partial charge < -0.3 is 4.98 Å². The number of nitrogens with one attached hydrogen (secondary N) is 1. The standard InChI is InChI=1S/C15H13NO2S/c1-10-5-4-8-14(19(17)18)15(10)12-9-16-13-7-3-2-6-11(12)13/h2-9,16,19H,1H3. The first kappa shape index (κ1) is 12.0. The van der Waals surface area contributed by atoms with Gasteiger partial charge in [0.25, 0.3) is 0 Å². The van der Waals surface area contributed by atoms with Crippen LogP contribution in [0.5, 0.6) is 0 Å². The van der Waals surface area contributed by atoms with Crippen molar-refractivity contribution in [3.8, 4) is 11.1 Å². The van der Waals surface area contributed by atoms with Crippen molar-refractivity contribution in [3.05, 3.63) is 54.2 Å². The molecule has 3 nitrogen and oxygen atoms in total. The lowest BCUT2D eigenvalue weighted by Gasteiger charge is -2.07. The van der Waals surface area contributed by atoms with Crippen molar-refractivity contribution >= 4 is 21.6 Å². The van der Waals surface area contributed by atoms with Crippen molar-refractivity contribution in [1.29, 1.82) is 0 Å². The quantitative estimate of drug-likeness (QED) is 0.704. The van der Waals surface area contributed by atoms with Crippen LogP contribution < -0.4 is 0 Å². The molecule has 1 aromatic heterocycles. The van der Waals surface area contributed by atoms with Gasteiger partial charge in [-0.05, 0) is 24.6 Å². The highest BCUT2D eigenvalue weighted by Crippen LogP contribution is 2.34. The van der Waals surface area contributed by atoms with E-state index in [0.29, 0.717) is 4.90 Å². The molecular weight excluding hydrogens is 258 g/mol. The largest absolute Gasteiger partial charge is 0.361 e. The fraction of sp³-hybridized carbons (Fsp3) is 0.0667. The monoisotopic (exact) mass is 271 g/mol. The molecule has 0 spiro atoms. The molecule has 0 fully saturated rings. The third kappa shape index (κ3) is 1.94. The molecule has 0 amide bonds. The Bertz CT molecular complexity index is 823. The summed E-state index contributed by atoms with van der Waals surface area (Å²) < 4.78 is 22.9. The van der Waals surface area contributed by atoms with Gasteiger partial charge in [-0.3, -0.25) is 0 Å². The van der Waals surface area contributed by atoms with E-state index in [9.17, 15) is 8.42 Å². The van der Waals surface area contributed by atoms with Crippen LogP contribution in [0.3, 0.4) is 0 Å². The fourth-order valence-electron chi connectivity index (χ4n) is 2.43. The van der Waals surface area contributed by atoms with E-state index < -0.39 is 10.7 Å². The third-order valence-electron chi connectivity index (χ3n) is 3.31. The number of rotatable bonds is 2. The Hall–Kier alpha value is -2.07. The molecule has 0 unspecified atom stereocenters. The van der Waals surface area contributed by atoms with Crippen molar-refractivity contribution in [2.24, 2.45) is 0 Å². The summed E-state index contributed by atoms with van der Waals surface area (Å²) in [4.78, 5) is 3.56. The van der Waals surface area contributed by atoms with Crippen LogP contribution in [0.15, 0.2) is 53.6 Å². The van der Waals surface area contributed by atoms with E-state index in [1.54, 1.807) is 12.1 Å². The Morgan fingerprint density at radius 2 is 1.79 bits per heavy atom. The molecule has 0 aliphatic rings. The molecule has 1 N–H and O–H groups in total. The van der Waals surface area contributed by atoms with Gasteiger partial charge in [0, 0.05) is 28.2 Å². The summed E-state index contributed by atoms with van der Waals surface area (Å²) in [6, 6.07) is 13.2. The van der Waals surface area contributed by atoms with Gasteiger partial charge in [0.2, 0.25) is 0 Å². The number of hydrogen-bond donors (Lipinski definition) is 2. The van der Waals surface area contributed by atoms with E-state index in [0.717, 1.165) is 27.6 Å². The van der Waals surface area contributed by atoms with Gasteiger partial charge in [-0.15, -0.1) is 0 Å². The summed E-state index contributed by atoms with van der Waals surface area (Å²) in [6.45, 7) is 1.93. The van der Waals surface area contributed by atoms with Crippen LogP contribution in [0.1, 0.15) is 5.56 Å². The molecule has 1 heterocycles. The van der Waals surface area contributed by atoms with Gasteiger partial charge in [-0.1, -0.05) is 30.3 Å². The Balaban J connectivity index is 2.39. The van der Waals surface area contributed by atoms with Gasteiger partial charge >= 0.3 is 0 Å². The van der Waals surface area contributed by atoms with E-state index in [2.05, 4.69) is 4.98 Å². The van der Waals surface area contributed by atoms with Crippen molar-refractivity contribution < 1.29 is 8.42 Å².